The molecule has 0 atom stereocenters. The minimum absolute atomic E-state index is 0.653. The van der Waals surface area contributed by atoms with E-state index in [1.54, 1.807) is 6.07 Å². The zero-order valence-electron chi connectivity index (χ0n) is 13.1. The summed E-state index contributed by atoms with van der Waals surface area (Å²) in [7, 11) is 0. The highest BCUT2D eigenvalue weighted by atomic mass is 35.5. The zero-order valence-corrected chi connectivity index (χ0v) is 14.7. The number of nitrogens with zero attached hydrogens (tertiary/aromatic N) is 2. The van der Waals surface area contributed by atoms with Crippen molar-refractivity contribution in [3.05, 3.63) is 52.3 Å². The van der Waals surface area contributed by atoms with Gasteiger partial charge < -0.3 is 14.8 Å². The van der Waals surface area contributed by atoms with Crippen LogP contribution in [0.5, 0.6) is 0 Å². The Labute approximate surface area is 142 Å². The molecule has 0 bridgehead atoms. The Kier molecular flexibility index (Phi) is 6.77. The third-order valence-electron chi connectivity index (χ3n) is 3.81. The number of halogens is 2. The van der Waals surface area contributed by atoms with Crippen molar-refractivity contribution in [2.24, 2.45) is 0 Å². The third-order valence-corrected chi connectivity index (χ3v) is 4.35. The van der Waals surface area contributed by atoms with Crippen LogP contribution in [0.2, 0.25) is 10.0 Å². The van der Waals surface area contributed by atoms with Gasteiger partial charge in [0.25, 0.3) is 0 Å². The number of hydrogen-bond acceptors (Lipinski definition) is 2. The summed E-state index contributed by atoms with van der Waals surface area (Å²) in [6.45, 7) is 9.42. The summed E-state index contributed by atoms with van der Waals surface area (Å²) < 4.78 is 2.10. The Balaban J connectivity index is 1.98. The van der Waals surface area contributed by atoms with Crippen LogP contribution in [0.25, 0.3) is 5.69 Å². The number of benzene rings is 1. The maximum Gasteiger partial charge on any atom is 0.0661 e. The molecule has 0 amide bonds. The molecular weight excluding hydrogens is 317 g/mol. The van der Waals surface area contributed by atoms with Gasteiger partial charge in [-0.2, -0.15) is 0 Å². The van der Waals surface area contributed by atoms with Gasteiger partial charge in [0, 0.05) is 36.5 Å². The van der Waals surface area contributed by atoms with Crippen LogP contribution in [0.15, 0.2) is 36.5 Å². The maximum atomic E-state index is 6.30. The van der Waals surface area contributed by atoms with Gasteiger partial charge in [0.05, 0.1) is 10.7 Å². The van der Waals surface area contributed by atoms with Crippen LogP contribution in [-0.4, -0.2) is 35.6 Å². The normalized spacial score (nSPS) is 11.3. The lowest BCUT2D eigenvalue weighted by Crippen LogP contribution is -2.31. The molecule has 5 heteroatoms. The summed E-state index contributed by atoms with van der Waals surface area (Å²) in [5.74, 6) is 0. The SMILES string of the molecule is CCN(CC)CCNCc1cccn1-c1ccc(Cl)cc1Cl. The van der Waals surface area contributed by atoms with Crippen molar-refractivity contribution in [1.29, 1.82) is 0 Å². The third kappa shape index (κ3) is 4.50. The molecule has 1 heterocycles. The number of hydrogen-bond donors (Lipinski definition) is 1. The average molecular weight is 340 g/mol. The number of rotatable bonds is 8. The molecule has 1 aromatic carbocycles. The van der Waals surface area contributed by atoms with Crippen molar-refractivity contribution < 1.29 is 0 Å². The molecule has 0 aliphatic carbocycles. The molecule has 0 unspecified atom stereocenters. The van der Waals surface area contributed by atoms with Crippen molar-refractivity contribution in [1.82, 2.24) is 14.8 Å². The van der Waals surface area contributed by atoms with Gasteiger partial charge >= 0.3 is 0 Å². The second-order valence-electron chi connectivity index (χ2n) is 5.17. The first kappa shape index (κ1) is 17.4. The van der Waals surface area contributed by atoms with Gasteiger partial charge in [0.1, 0.15) is 0 Å². The van der Waals surface area contributed by atoms with Crippen LogP contribution < -0.4 is 5.32 Å². The molecule has 2 rings (SSSR count). The quantitative estimate of drug-likeness (QED) is 0.726. The second-order valence-corrected chi connectivity index (χ2v) is 6.01. The predicted molar refractivity (Wildman–Crippen MR) is 95.3 cm³/mol. The predicted octanol–water partition coefficient (Wildman–Crippen LogP) is 4.22. The largest absolute Gasteiger partial charge is 0.318 e. The Morgan fingerprint density at radius 2 is 1.91 bits per heavy atom. The van der Waals surface area contributed by atoms with E-state index in [0.717, 1.165) is 38.4 Å². The number of nitrogens with one attached hydrogen (secondary N) is 1. The van der Waals surface area contributed by atoms with E-state index in [9.17, 15) is 0 Å². The highest BCUT2D eigenvalue weighted by Gasteiger charge is 2.07. The minimum Gasteiger partial charge on any atom is -0.318 e. The molecule has 0 spiro atoms. The van der Waals surface area contributed by atoms with E-state index in [-0.39, 0.29) is 0 Å². The van der Waals surface area contributed by atoms with Gasteiger partial charge in [-0.15, -0.1) is 0 Å². The average Bonchev–Trinajstić information content (AvgIpc) is 2.96. The van der Waals surface area contributed by atoms with Crippen LogP contribution >= 0.6 is 23.2 Å². The molecule has 22 heavy (non-hydrogen) atoms. The van der Waals surface area contributed by atoms with Gasteiger partial charge in [-0.1, -0.05) is 37.0 Å². The van der Waals surface area contributed by atoms with Gasteiger partial charge in [-0.3, -0.25) is 0 Å². The van der Waals surface area contributed by atoms with Crippen LogP contribution in [0.1, 0.15) is 19.5 Å². The molecule has 0 aliphatic rings. The molecule has 1 aromatic heterocycles. The van der Waals surface area contributed by atoms with Crippen molar-refractivity contribution >= 4 is 23.2 Å². The lowest BCUT2D eigenvalue weighted by atomic mass is 10.3. The fourth-order valence-corrected chi connectivity index (χ4v) is 2.96. The van der Waals surface area contributed by atoms with Gasteiger partial charge in [-0.05, 0) is 43.4 Å². The van der Waals surface area contributed by atoms with Crippen LogP contribution in [-0.2, 0) is 6.54 Å². The number of aromatic nitrogens is 1. The first-order valence-electron chi connectivity index (χ1n) is 7.70. The Hall–Kier alpha value is -1.000. The van der Waals surface area contributed by atoms with Crippen LogP contribution in [0.3, 0.4) is 0 Å². The zero-order chi connectivity index (χ0) is 15.9. The van der Waals surface area contributed by atoms with Crippen molar-refractivity contribution in [3.8, 4) is 5.69 Å². The fourth-order valence-electron chi connectivity index (χ4n) is 2.47. The first-order valence-corrected chi connectivity index (χ1v) is 8.46. The molecule has 2 aromatic rings. The molecule has 0 radical (unpaired) electrons. The Morgan fingerprint density at radius 3 is 2.59 bits per heavy atom. The molecule has 120 valence electrons. The lowest BCUT2D eigenvalue weighted by Gasteiger charge is -2.18. The van der Waals surface area contributed by atoms with E-state index in [2.05, 4.69) is 34.7 Å². The lowest BCUT2D eigenvalue weighted by molar-refractivity contribution is 0.302. The molecule has 0 fully saturated rings. The molecule has 0 saturated heterocycles. The highest BCUT2D eigenvalue weighted by molar-refractivity contribution is 6.35. The van der Waals surface area contributed by atoms with E-state index in [4.69, 9.17) is 23.2 Å². The van der Waals surface area contributed by atoms with Crippen LogP contribution in [0.4, 0.5) is 0 Å². The van der Waals surface area contributed by atoms with E-state index < -0.39 is 0 Å². The van der Waals surface area contributed by atoms with Crippen molar-refractivity contribution in [3.63, 3.8) is 0 Å². The molecular formula is C17H23Cl2N3. The standard InChI is InChI=1S/C17H23Cl2N3/c1-3-21(4-2)11-9-20-13-15-6-5-10-22(15)17-8-7-14(18)12-16(17)19/h5-8,10,12,20H,3-4,9,11,13H2,1-2H3. The number of likely N-dealkylation sites (N-methyl/N-ethyl adjacent to an activating group) is 1. The van der Waals surface area contributed by atoms with E-state index in [1.807, 2.05) is 24.4 Å². The van der Waals surface area contributed by atoms with E-state index in [1.165, 1.54) is 5.69 Å². The molecule has 0 saturated carbocycles. The Bertz CT molecular complexity index is 591. The second kappa shape index (κ2) is 8.59. The van der Waals surface area contributed by atoms with E-state index >= 15 is 0 Å². The molecule has 1 N–H and O–H groups in total. The summed E-state index contributed by atoms with van der Waals surface area (Å²) in [5, 5.41) is 4.81. The monoisotopic (exact) mass is 339 g/mol. The fraction of sp³-hybridized carbons (Fsp3) is 0.412. The smallest absolute Gasteiger partial charge is 0.0661 e. The summed E-state index contributed by atoms with van der Waals surface area (Å²) >= 11 is 12.3. The van der Waals surface area contributed by atoms with Gasteiger partial charge in [0.15, 0.2) is 0 Å². The molecule has 3 nitrogen and oxygen atoms in total. The van der Waals surface area contributed by atoms with Gasteiger partial charge in [-0.25, -0.2) is 0 Å². The van der Waals surface area contributed by atoms with Crippen molar-refractivity contribution in [2.75, 3.05) is 26.2 Å². The van der Waals surface area contributed by atoms with Gasteiger partial charge in [0.2, 0.25) is 0 Å². The first-order chi connectivity index (χ1) is 10.7. The Morgan fingerprint density at radius 1 is 1.14 bits per heavy atom. The summed E-state index contributed by atoms with van der Waals surface area (Å²) in [5.41, 5.74) is 2.14. The summed E-state index contributed by atoms with van der Waals surface area (Å²) in [6.07, 6.45) is 2.02. The summed E-state index contributed by atoms with van der Waals surface area (Å²) in [6, 6.07) is 9.72. The molecule has 0 aliphatic heterocycles. The topological polar surface area (TPSA) is 20.2 Å². The van der Waals surface area contributed by atoms with Crippen molar-refractivity contribution in [2.45, 2.75) is 20.4 Å². The van der Waals surface area contributed by atoms with E-state index in [0.29, 0.717) is 10.0 Å². The maximum absolute atomic E-state index is 6.30. The highest BCUT2D eigenvalue weighted by Crippen LogP contribution is 2.25. The summed E-state index contributed by atoms with van der Waals surface area (Å²) in [4.78, 5) is 2.40. The van der Waals surface area contributed by atoms with Crippen LogP contribution in [0, 0.1) is 0 Å². The minimum atomic E-state index is 0.653.